The quantitative estimate of drug-likeness (QED) is 0.642. The van der Waals surface area contributed by atoms with E-state index in [1.165, 1.54) is 0 Å². The smallest absolute Gasteiger partial charge is 0.265 e. The van der Waals surface area contributed by atoms with Gasteiger partial charge in [-0.2, -0.15) is 0 Å². The molecule has 9 nitrogen and oxygen atoms in total. The number of anilines is 1. The van der Waals surface area contributed by atoms with Crippen molar-refractivity contribution in [2.45, 2.75) is 18.4 Å². The largest absolute Gasteiger partial charge is 0.481 e. The van der Waals surface area contributed by atoms with Gasteiger partial charge in [0.15, 0.2) is 12.4 Å². The number of benzene rings is 2. The predicted octanol–water partition coefficient (Wildman–Crippen LogP) is 2.07. The van der Waals surface area contributed by atoms with Gasteiger partial charge < -0.3 is 29.3 Å². The molecule has 4 heterocycles. The average Bonchev–Trinajstić information content (AvgIpc) is 3.42. The maximum atomic E-state index is 13.2. The molecule has 0 bridgehead atoms. The fraction of sp³-hybridized carbons (Fsp3) is 0.500. The van der Waals surface area contributed by atoms with Crippen LogP contribution in [0.1, 0.15) is 17.9 Å². The number of carbonyl (C=O) groups is 2. The number of nitrogens with one attached hydrogen (secondary N) is 1. The molecule has 3 fully saturated rings. The van der Waals surface area contributed by atoms with Crippen molar-refractivity contribution in [3.63, 3.8) is 0 Å². The highest BCUT2D eigenvalue weighted by Gasteiger charge is 2.46. The van der Waals surface area contributed by atoms with E-state index < -0.39 is 0 Å². The molecule has 0 aliphatic carbocycles. The molecule has 2 aromatic rings. The van der Waals surface area contributed by atoms with E-state index in [4.69, 9.17) is 14.2 Å². The van der Waals surface area contributed by atoms with E-state index in [9.17, 15) is 9.59 Å². The van der Waals surface area contributed by atoms with Crippen molar-refractivity contribution >= 4 is 17.5 Å². The number of nitrogens with zero attached hydrogens (tertiary/aromatic N) is 3. The van der Waals surface area contributed by atoms with E-state index in [0.29, 0.717) is 49.2 Å². The van der Waals surface area contributed by atoms with Gasteiger partial charge in [-0.3, -0.25) is 14.5 Å². The van der Waals surface area contributed by atoms with Crippen molar-refractivity contribution in [3.05, 3.63) is 48.0 Å². The summed E-state index contributed by atoms with van der Waals surface area (Å²) < 4.78 is 18.0. The maximum Gasteiger partial charge on any atom is 0.265 e. The summed E-state index contributed by atoms with van der Waals surface area (Å²) in [5, 5.41) is 3.41. The molecule has 0 saturated carbocycles. The highest BCUT2D eigenvalue weighted by atomic mass is 16.5. The Balaban J connectivity index is 1.41. The van der Waals surface area contributed by atoms with Crippen LogP contribution in [0.2, 0.25) is 0 Å². The predicted molar refractivity (Wildman–Crippen MR) is 138 cm³/mol. The van der Waals surface area contributed by atoms with Crippen LogP contribution >= 0.6 is 0 Å². The number of morpholine rings is 1. The zero-order valence-electron chi connectivity index (χ0n) is 21.2. The standard InChI is InChI=1S/C28H34N4O5/c1-30-17-22(20-9-10-29-25(20)28(30)34)21-7-8-23-26(27(21)37-19-5-3-2-4-6-19)32(24(33)18-36-23)12-11-31-13-15-35-16-14-31/h2-8,20,22,25,29H,9-18H2,1H3. The molecule has 2 amide bonds. The number of amides is 2. The van der Waals surface area contributed by atoms with Crippen LogP contribution in [0, 0.1) is 5.92 Å². The van der Waals surface area contributed by atoms with Crippen LogP contribution in [-0.4, -0.2) is 93.8 Å². The number of piperidine rings is 1. The summed E-state index contributed by atoms with van der Waals surface area (Å²) in [5.74, 6) is 2.31. The lowest BCUT2D eigenvalue weighted by Crippen LogP contribution is -2.53. The van der Waals surface area contributed by atoms with Crippen molar-refractivity contribution in [2.75, 3.05) is 71.0 Å². The summed E-state index contributed by atoms with van der Waals surface area (Å²) in [6.45, 7) is 5.87. The lowest BCUT2D eigenvalue weighted by molar-refractivity contribution is -0.136. The van der Waals surface area contributed by atoms with Gasteiger partial charge in [0.05, 0.1) is 19.3 Å². The normalized spacial score (nSPS) is 26.0. The Labute approximate surface area is 217 Å². The van der Waals surface area contributed by atoms with Crippen molar-refractivity contribution in [2.24, 2.45) is 5.92 Å². The zero-order valence-corrected chi connectivity index (χ0v) is 21.2. The van der Waals surface area contributed by atoms with Gasteiger partial charge in [-0.05, 0) is 37.1 Å². The molecule has 37 heavy (non-hydrogen) atoms. The van der Waals surface area contributed by atoms with Crippen molar-refractivity contribution in [1.82, 2.24) is 15.1 Å². The summed E-state index contributed by atoms with van der Waals surface area (Å²) >= 11 is 0. The summed E-state index contributed by atoms with van der Waals surface area (Å²) in [5.41, 5.74) is 1.70. The molecule has 9 heteroatoms. The molecule has 0 spiro atoms. The molecule has 3 saturated heterocycles. The van der Waals surface area contributed by atoms with Crippen LogP contribution in [0.25, 0.3) is 0 Å². The van der Waals surface area contributed by atoms with Crippen LogP contribution in [0.5, 0.6) is 17.2 Å². The minimum Gasteiger partial charge on any atom is -0.481 e. The van der Waals surface area contributed by atoms with E-state index in [0.717, 1.165) is 38.2 Å². The number of para-hydroxylation sites is 1. The number of rotatable bonds is 6. The number of likely N-dealkylation sites (tertiary alicyclic amines) is 1. The summed E-state index contributed by atoms with van der Waals surface area (Å²) in [6.07, 6.45) is 0.924. The first kappa shape index (κ1) is 24.2. The number of hydrogen-bond donors (Lipinski definition) is 1. The topological polar surface area (TPSA) is 83.6 Å². The third kappa shape index (κ3) is 4.67. The van der Waals surface area contributed by atoms with Crippen molar-refractivity contribution in [1.29, 1.82) is 0 Å². The van der Waals surface area contributed by atoms with Crippen LogP contribution in [0.3, 0.4) is 0 Å². The second-order valence-corrected chi connectivity index (χ2v) is 10.2. The van der Waals surface area contributed by atoms with Crippen molar-refractivity contribution < 1.29 is 23.8 Å². The minimum atomic E-state index is -0.195. The molecular formula is C28H34N4O5. The Bertz CT molecular complexity index is 1150. The molecule has 1 N–H and O–H groups in total. The number of likely N-dealkylation sites (N-methyl/N-ethyl adjacent to an activating group) is 1. The van der Waals surface area contributed by atoms with Gasteiger partial charge in [0, 0.05) is 51.3 Å². The number of carbonyl (C=O) groups excluding carboxylic acids is 2. The van der Waals surface area contributed by atoms with E-state index in [2.05, 4.69) is 16.3 Å². The van der Waals surface area contributed by atoms with Gasteiger partial charge in [-0.1, -0.05) is 24.3 Å². The van der Waals surface area contributed by atoms with E-state index in [1.807, 2.05) is 53.2 Å². The van der Waals surface area contributed by atoms with E-state index in [-0.39, 0.29) is 36.3 Å². The SMILES string of the molecule is CN1CC(c2ccc3c(c2Oc2ccccc2)N(CCN2CCOCC2)C(=O)CO3)C2CCNC2C1=O. The lowest BCUT2D eigenvalue weighted by Gasteiger charge is -2.40. The molecule has 4 aliphatic heterocycles. The Hall–Kier alpha value is -3.14. The lowest BCUT2D eigenvalue weighted by atomic mass is 9.77. The Morgan fingerprint density at radius 1 is 1.05 bits per heavy atom. The highest BCUT2D eigenvalue weighted by Crippen LogP contribution is 2.50. The number of fused-ring (bicyclic) bond motifs is 2. The molecule has 196 valence electrons. The average molecular weight is 507 g/mol. The minimum absolute atomic E-state index is 0.00945. The van der Waals surface area contributed by atoms with Gasteiger partial charge in [-0.15, -0.1) is 0 Å². The van der Waals surface area contributed by atoms with Crippen LogP contribution in [0.4, 0.5) is 5.69 Å². The summed E-state index contributed by atoms with van der Waals surface area (Å²) in [4.78, 5) is 32.1. The van der Waals surface area contributed by atoms with Gasteiger partial charge in [0.25, 0.3) is 5.91 Å². The first-order chi connectivity index (χ1) is 18.1. The fourth-order valence-electron chi connectivity index (χ4n) is 6.11. The third-order valence-electron chi connectivity index (χ3n) is 8.05. The number of hydrogen-bond acceptors (Lipinski definition) is 7. The molecule has 0 radical (unpaired) electrons. The number of ether oxygens (including phenoxy) is 3. The first-order valence-corrected chi connectivity index (χ1v) is 13.2. The summed E-state index contributed by atoms with van der Waals surface area (Å²) in [6, 6.07) is 13.5. The third-order valence-corrected chi connectivity index (χ3v) is 8.05. The second-order valence-electron chi connectivity index (χ2n) is 10.2. The monoisotopic (exact) mass is 506 g/mol. The van der Waals surface area contributed by atoms with Gasteiger partial charge in [-0.25, -0.2) is 0 Å². The van der Waals surface area contributed by atoms with Crippen LogP contribution in [0.15, 0.2) is 42.5 Å². The van der Waals surface area contributed by atoms with Crippen LogP contribution < -0.4 is 19.7 Å². The Morgan fingerprint density at radius 2 is 1.86 bits per heavy atom. The highest BCUT2D eigenvalue weighted by molar-refractivity contribution is 6.00. The molecule has 0 aromatic heterocycles. The van der Waals surface area contributed by atoms with Gasteiger partial charge in [0.2, 0.25) is 5.91 Å². The first-order valence-electron chi connectivity index (χ1n) is 13.2. The van der Waals surface area contributed by atoms with Crippen molar-refractivity contribution in [3.8, 4) is 17.2 Å². The van der Waals surface area contributed by atoms with Gasteiger partial charge in [0.1, 0.15) is 17.2 Å². The van der Waals surface area contributed by atoms with Crippen LogP contribution in [-0.2, 0) is 14.3 Å². The molecule has 4 aliphatic rings. The van der Waals surface area contributed by atoms with Gasteiger partial charge >= 0.3 is 0 Å². The molecule has 3 unspecified atom stereocenters. The molecule has 2 aromatic carbocycles. The molecule has 3 atom stereocenters. The van der Waals surface area contributed by atoms with E-state index >= 15 is 0 Å². The Morgan fingerprint density at radius 3 is 2.68 bits per heavy atom. The van der Waals surface area contributed by atoms with E-state index in [1.54, 1.807) is 0 Å². The zero-order chi connectivity index (χ0) is 25.4. The fourth-order valence-corrected chi connectivity index (χ4v) is 6.11. The molecular weight excluding hydrogens is 472 g/mol. The maximum absolute atomic E-state index is 13.2. The molecule has 6 rings (SSSR count). The summed E-state index contributed by atoms with van der Waals surface area (Å²) in [7, 11) is 1.86. The second kappa shape index (κ2) is 10.3. The Kier molecular flexibility index (Phi) is 6.75.